The second kappa shape index (κ2) is 2.77. The van der Waals surface area contributed by atoms with Crippen LogP contribution >= 0.6 is 0 Å². The largest absolute Gasteiger partial charge is 0.341 e. The number of fused-ring (bicyclic) bond motifs is 4. The summed E-state index contributed by atoms with van der Waals surface area (Å²) in [5.74, 6) is -0.0313. The minimum Gasteiger partial charge on any atom is -0.341 e. The number of nitrogens with one attached hydrogen (secondary N) is 1. The molecule has 0 atom stereocenters. The summed E-state index contributed by atoms with van der Waals surface area (Å²) in [7, 11) is 0. The topological polar surface area (TPSA) is 46.9 Å². The zero-order valence-corrected chi connectivity index (χ0v) is 9.18. The highest BCUT2D eigenvalue weighted by atomic mass is 16.2. The Labute approximate surface area is 98.3 Å². The van der Waals surface area contributed by atoms with Gasteiger partial charge < -0.3 is 5.32 Å². The van der Waals surface area contributed by atoms with Gasteiger partial charge in [0.2, 0.25) is 0 Å². The fourth-order valence-electron chi connectivity index (χ4n) is 2.60. The molecule has 1 saturated carbocycles. The molecular weight excluding hydrogens is 214 g/mol. The number of hydrogen-bond acceptors (Lipinski definition) is 2. The molecule has 4 rings (SSSR count). The van der Waals surface area contributed by atoms with E-state index in [-0.39, 0.29) is 11.4 Å². The van der Waals surface area contributed by atoms with Gasteiger partial charge in [-0.1, -0.05) is 18.2 Å². The van der Waals surface area contributed by atoms with Crippen LogP contribution in [0, 0.1) is 0 Å². The van der Waals surface area contributed by atoms with E-state index in [0.717, 1.165) is 18.5 Å². The average Bonchev–Trinajstić information content (AvgIpc) is 2.97. The third kappa shape index (κ3) is 1.07. The fourth-order valence-corrected chi connectivity index (χ4v) is 2.60. The van der Waals surface area contributed by atoms with E-state index in [1.807, 2.05) is 18.2 Å². The number of rotatable bonds is 0. The van der Waals surface area contributed by atoms with Crippen molar-refractivity contribution in [2.45, 2.75) is 18.4 Å². The Morgan fingerprint density at radius 3 is 2.88 bits per heavy atom. The van der Waals surface area contributed by atoms with Crippen molar-refractivity contribution < 1.29 is 4.79 Å². The second-order valence-electron chi connectivity index (χ2n) is 4.68. The molecule has 17 heavy (non-hydrogen) atoms. The van der Waals surface area contributed by atoms with E-state index in [9.17, 15) is 4.79 Å². The first-order valence-electron chi connectivity index (χ1n) is 5.77. The lowest BCUT2D eigenvalue weighted by Crippen LogP contribution is -2.33. The van der Waals surface area contributed by atoms with Gasteiger partial charge in [-0.3, -0.25) is 4.79 Å². The number of nitrogens with zero attached hydrogens (tertiary/aromatic N) is 2. The maximum absolute atomic E-state index is 12.1. The van der Waals surface area contributed by atoms with Crippen molar-refractivity contribution in [1.82, 2.24) is 15.1 Å². The molecule has 0 unspecified atom stereocenters. The summed E-state index contributed by atoms with van der Waals surface area (Å²) in [6.45, 7) is 0. The number of amides is 1. The molecule has 0 radical (unpaired) electrons. The Morgan fingerprint density at radius 2 is 2.06 bits per heavy atom. The van der Waals surface area contributed by atoms with Crippen LogP contribution in [0.4, 0.5) is 0 Å². The van der Waals surface area contributed by atoms with Crippen molar-refractivity contribution in [3.05, 3.63) is 47.8 Å². The second-order valence-corrected chi connectivity index (χ2v) is 4.68. The van der Waals surface area contributed by atoms with Crippen LogP contribution in [0.15, 0.2) is 36.5 Å². The van der Waals surface area contributed by atoms with Gasteiger partial charge in [0, 0.05) is 5.56 Å². The first-order valence-corrected chi connectivity index (χ1v) is 5.77. The van der Waals surface area contributed by atoms with Gasteiger partial charge in [0.1, 0.15) is 5.69 Å². The highest BCUT2D eigenvalue weighted by Gasteiger charge is 2.49. The van der Waals surface area contributed by atoms with E-state index in [4.69, 9.17) is 0 Å². The molecule has 1 fully saturated rings. The highest BCUT2D eigenvalue weighted by Crippen LogP contribution is 2.48. The van der Waals surface area contributed by atoms with Crippen molar-refractivity contribution in [2.75, 3.05) is 0 Å². The van der Waals surface area contributed by atoms with Crippen molar-refractivity contribution in [3.63, 3.8) is 0 Å². The predicted molar refractivity (Wildman–Crippen MR) is 61.9 cm³/mol. The van der Waals surface area contributed by atoms with Crippen molar-refractivity contribution >= 4 is 5.91 Å². The number of carbonyl (C=O) groups excluding carboxylic acids is 1. The quantitative estimate of drug-likeness (QED) is 0.740. The summed E-state index contributed by atoms with van der Waals surface area (Å²) < 4.78 is 1.73. The molecule has 1 amide bonds. The van der Waals surface area contributed by atoms with E-state index in [2.05, 4.69) is 16.5 Å². The van der Waals surface area contributed by atoms with Crippen LogP contribution in [-0.4, -0.2) is 15.7 Å². The van der Waals surface area contributed by atoms with Crippen LogP contribution in [0.25, 0.3) is 5.69 Å². The molecule has 0 saturated heterocycles. The van der Waals surface area contributed by atoms with Crippen molar-refractivity contribution in [3.8, 4) is 5.69 Å². The first kappa shape index (κ1) is 8.98. The van der Waals surface area contributed by atoms with Crippen molar-refractivity contribution in [1.29, 1.82) is 0 Å². The third-order valence-electron chi connectivity index (χ3n) is 3.63. The molecule has 4 heteroatoms. The standard InChI is InChI=1S/C13H11N3O/c17-12-11-5-8-14-16(11)10-4-2-1-3-9(10)13(15-12)6-7-13/h1-5,8H,6-7H2,(H,15,17). The molecular formula is C13H11N3O. The lowest BCUT2D eigenvalue weighted by Gasteiger charge is -2.16. The SMILES string of the molecule is O=C1NC2(CC2)c2ccccc2-n2nccc21. The van der Waals surface area contributed by atoms with Crippen LogP contribution in [0.1, 0.15) is 28.9 Å². The summed E-state index contributed by atoms with van der Waals surface area (Å²) in [4.78, 5) is 12.1. The molecule has 2 heterocycles. The van der Waals surface area contributed by atoms with Crippen LogP contribution < -0.4 is 5.32 Å². The van der Waals surface area contributed by atoms with Gasteiger partial charge in [0.05, 0.1) is 17.4 Å². The third-order valence-corrected chi connectivity index (χ3v) is 3.63. The maximum Gasteiger partial charge on any atom is 0.270 e. The summed E-state index contributed by atoms with van der Waals surface area (Å²) in [5.41, 5.74) is 2.66. The molecule has 2 aromatic rings. The fraction of sp³-hybridized carbons (Fsp3) is 0.231. The number of para-hydroxylation sites is 1. The minimum absolute atomic E-state index is 0.0313. The Kier molecular flexibility index (Phi) is 1.46. The normalized spacial score (nSPS) is 19.2. The molecule has 4 nitrogen and oxygen atoms in total. The molecule has 1 aromatic heterocycles. The van der Waals surface area contributed by atoms with Gasteiger partial charge in [0.25, 0.3) is 5.91 Å². The molecule has 1 aromatic carbocycles. The molecule has 1 N–H and O–H groups in total. The smallest absolute Gasteiger partial charge is 0.270 e. The number of benzene rings is 1. The van der Waals surface area contributed by atoms with Crippen LogP contribution in [0.2, 0.25) is 0 Å². The number of carbonyl (C=O) groups is 1. The van der Waals surface area contributed by atoms with Crippen LogP contribution in [0.3, 0.4) is 0 Å². The lowest BCUT2D eigenvalue weighted by molar-refractivity contribution is 0.0927. The molecule has 1 aliphatic heterocycles. The maximum atomic E-state index is 12.1. The Balaban J connectivity index is 2.07. The van der Waals surface area contributed by atoms with Gasteiger partial charge in [-0.05, 0) is 25.0 Å². The summed E-state index contributed by atoms with van der Waals surface area (Å²) in [5, 5.41) is 7.39. The molecule has 1 aliphatic carbocycles. The first-order chi connectivity index (χ1) is 8.30. The number of hydrogen-bond donors (Lipinski definition) is 1. The lowest BCUT2D eigenvalue weighted by atomic mass is 10.0. The monoisotopic (exact) mass is 225 g/mol. The van der Waals surface area contributed by atoms with E-state index < -0.39 is 0 Å². The van der Waals surface area contributed by atoms with Gasteiger partial charge >= 0.3 is 0 Å². The zero-order valence-electron chi connectivity index (χ0n) is 9.18. The summed E-state index contributed by atoms with van der Waals surface area (Å²) >= 11 is 0. The number of aromatic nitrogens is 2. The van der Waals surface area contributed by atoms with E-state index >= 15 is 0 Å². The zero-order chi connectivity index (χ0) is 11.5. The highest BCUT2D eigenvalue weighted by molar-refractivity contribution is 5.95. The Morgan fingerprint density at radius 1 is 1.24 bits per heavy atom. The van der Waals surface area contributed by atoms with Gasteiger partial charge in [-0.2, -0.15) is 5.10 Å². The predicted octanol–water partition coefficient (Wildman–Crippen LogP) is 1.60. The average molecular weight is 225 g/mol. The summed E-state index contributed by atoms with van der Waals surface area (Å²) in [6.07, 6.45) is 3.69. The molecule has 84 valence electrons. The molecule has 2 aliphatic rings. The van der Waals surface area contributed by atoms with E-state index in [1.54, 1.807) is 16.9 Å². The molecule has 1 spiro atoms. The van der Waals surface area contributed by atoms with Crippen molar-refractivity contribution in [2.24, 2.45) is 0 Å². The molecule has 0 bridgehead atoms. The van der Waals surface area contributed by atoms with Gasteiger partial charge in [0.15, 0.2) is 0 Å². The van der Waals surface area contributed by atoms with E-state index in [0.29, 0.717) is 5.69 Å². The minimum atomic E-state index is -0.144. The van der Waals surface area contributed by atoms with Gasteiger partial charge in [-0.15, -0.1) is 0 Å². The van der Waals surface area contributed by atoms with Crippen LogP contribution in [-0.2, 0) is 5.54 Å². The Hall–Kier alpha value is -2.10. The summed E-state index contributed by atoms with van der Waals surface area (Å²) in [6, 6.07) is 9.86. The Bertz CT molecular complexity index is 625. The van der Waals surface area contributed by atoms with E-state index in [1.165, 1.54) is 5.56 Å². The van der Waals surface area contributed by atoms with Crippen LogP contribution in [0.5, 0.6) is 0 Å². The van der Waals surface area contributed by atoms with Gasteiger partial charge in [-0.25, -0.2) is 4.68 Å².